The minimum atomic E-state index is -4.31. The summed E-state index contributed by atoms with van der Waals surface area (Å²) in [4.78, 5) is 14.5. The van der Waals surface area contributed by atoms with E-state index in [0.717, 1.165) is 23.3 Å². The average Bonchev–Trinajstić information content (AvgIpc) is 2.48. The van der Waals surface area contributed by atoms with Gasteiger partial charge in [-0.2, -0.15) is 13.2 Å². The van der Waals surface area contributed by atoms with Crippen molar-refractivity contribution >= 4 is 6.09 Å². The Labute approximate surface area is 131 Å². The van der Waals surface area contributed by atoms with Gasteiger partial charge in [-0.25, -0.2) is 9.78 Å². The number of benzene rings is 1. The lowest BCUT2D eigenvalue weighted by Gasteiger charge is -2.07. The molecule has 1 aromatic heterocycles. The maximum atomic E-state index is 12.5. The summed E-state index contributed by atoms with van der Waals surface area (Å²) in [5.74, 6) is 0.109. The number of amides is 1. The third-order valence-electron chi connectivity index (χ3n) is 3.06. The van der Waals surface area contributed by atoms with Gasteiger partial charge in [-0.05, 0) is 42.5 Å². The van der Waals surface area contributed by atoms with Crippen LogP contribution in [0.2, 0.25) is 0 Å². The predicted octanol–water partition coefficient (Wildman–Crippen LogP) is 3.74. The van der Waals surface area contributed by atoms with Crippen molar-refractivity contribution in [3.8, 4) is 5.88 Å². The minimum Gasteiger partial charge on any atom is -0.391 e. The zero-order chi connectivity index (χ0) is 16.9. The van der Waals surface area contributed by atoms with Crippen molar-refractivity contribution in [1.82, 2.24) is 4.98 Å². The van der Waals surface area contributed by atoms with Crippen LogP contribution in [0.4, 0.5) is 18.0 Å². The van der Waals surface area contributed by atoms with Crippen LogP contribution in [0.1, 0.15) is 23.1 Å². The Morgan fingerprint density at radius 1 is 1.17 bits per heavy atom. The summed E-state index contributed by atoms with van der Waals surface area (Å²) in [5.41, 5.74) is 5.84. The number of halogens is 3. The Kier molecular flexibility index (Phi) is 5.20. The number of alkyl halides is 3. The standard InChI is InChI=1S/C16H14F3N2O2/c17-16(18,19)13-7-4-11(5-8-13)2-1-3-12-6-9-14(21-10-12)23-15(20)22/h3-10H,1-2H2,(H2,20,22). The molecule has 1 amide bonds. The Morgan fingerprint density at radius 2 is 1.87 bits per heavy atom. The molecule has 0 bridgehead atoms. The van der Waals surface area contributed by atoms with Crippen LogP contribution in [0.3, 0.4) is 0 Å². The Bertz CT molecular complexity index is 653. The number of carbonyl (C=O) groups is 1. The van der Waals surface area contributed by atoms with E-state index in [9.17, 15) is 18.0 Å². The topological polar surface area (TPSA) is 65.2 Å². The lowest BCUT2D eigenvalue weighted by Crippen LogP contribution is -2.16. The summed E-state index contributed by atoms with van der Waals surface area (Å²) in [5, 5.41) is 0. The van der Waals surface area contributed by atoms with Crippen LogP contribution >= 0.6 is 0 Å². The molecule has 2 N–H and O–H groups in total. The monoisotopic (exact) mass is 323 g/mol. The smallest absolute Gasteiger partial charge is 0.391 e. The molecule has 0 saturated heterocycles. The number of primary amides is 1. The van der Waals surface area contributed by atoms with E-state index in [2.05, 4.69) is 9.72 Å². The van der Waals surface area contributed by atoms with E-state index in [0.29, 0.717) is 12.8 Å². The van der Waals surface area contributed by atoms with E-state index >= 15 is 0 Å². The molecule has 0 aliphatic heterocycles. The molecule has 1 aromatic carbocycles. The van der Waals surface area contributed by atoms with E-state index in [1.165, 1.54) is 24.4 Å². The molecule has 0 fully saturated rings. The highest BCUT2D eigenvalue weighted by Gasteiger charge is 2.29. The SMILES string of the molecule is NC(=O)Oc1ccc([CH]CCc2ccc(C(F)(F)F)cc2)cn1. The minimum absolute atomic E-state index is 0.109. The fourth-order valence-electron chi connectivity index (χ4n) is 1.94. The van der Waals surface area contributed by atoms with Gasteiger partial charge in [0.2, 0.25) is 5.88 Å². The zero-order valence-corrected chi connectivity index (χ0v) is 12.0. The van der Waals surface area contributed by atoms with Gasteiger partial charge in [-0.1, -0.05) is 18.2 Å². The summed E-state index contributed by atoms with van der Waals surface area (Å²) in [6.07, 6.45) is -0.591. The number of pyridine rings is 1. The second-order valence-electron chi connectivity index (χ2n) is 4.79. The molecule has 0 saturated carbocycles. The van der Waals surface area contributed by atoms with E-state index < -0.39 is 17.8 Å². The Morgan fingerprint density at radius 3 is 2.39 bits per heavy atom. The van der Waals surface area contributed by atoms with Gasteiger partial charge < -0.3 is 10.5 Å². The lowest BCUT2D eigenvalue weighted by atomic mass is 10.0. The van der Waals surface area contributed by atoms with Crippen LogP contribution in [0, 0.1) is 6.42 Å². The van der Waals surface area contributed by atoms with Crippen LogP contribution in [0.25, 0.3) is 0 Å². The lowest BCUT2D eigenvalue weighted by molar-refractivity contribution is -0.137. The molecule has 2 aromatic rings. The number of rotatable bonds is 5. The maximum absolute atomic E-state index is 12.5. The van der Waals surface area contributed by atoms with Gasteiger partial charge in [0.1, 0.15) is 0 Å². The first-order valence-electron chi connectivity index (χ1n) is 6.77. The van der Waals surface area contributed by atoms with Crippen molar-refractivity contribution < 1.29 is 22.7 Å². The number of hydrogen-bond donors (Lipinski definition) is 1. The molecular formula is C16H14F3N2O2. The van der Waals surface area contributed by atoms with Crippen molar-refractivity contribution in [3.05, 3.63) is 65.7 Å². The number of ether oxygens (including phenoxy) is 1. The normalized spacial score (nSPS) is 11.3. The summed E-state index contributed by atoms with van der Waals surface area (Å²) < 4.78 is 42.0. The molecule has 0 aliphatic rings. The summed E-state index contributed by atoms with van der Waals surface area (Å²) in [6, 6.07) is 8.31. The highest BCUT2D eigenvalue weighted by atomic mass is 19.4. The van der Waals surface area contributed by atoms with Crippen molar-refractivity contribution in [1.29, 1.82) is 0 Å². The first kappa shape index (κ1) is 16.8. The molecule has 0 unspecified atom stereocenters. The van der Waals surface area contributed by atoms with Crippen LogP contribution < -0.4 is 10.5 Å². The molecule has 0 atom stereocenters. The second kappa shape index (κ2) is 7.13. The third-order valence-corrected chi connectivity index (χ3v) is 3.06. The van der Waals surface area contributed by atoms with Crippen molar-refractivity contribution in [2.45, 2.75) is 19.0 Å². The highest BCUT2D eigenvalue weighted by Crippen LogP contribution is 2.29. The molecular weight excluding hydrogens is 309 g/mol. The quantitative estimate of drug-likeness (QED) is 0.911. The van der Waals surface area contributed by atoms with Gasteiger partial charge in [0.15, 0.2) is 0 Å². The van der Waals surface area contributed by atoms with Gasteiger partial charge in [0, 0.05) is 12.3 Å². The molecule has 0 aliphatic carbocycles. The van der Waals surface area contributed by atoms with Gasteiger partial charge >= 0.3 is 12.3 Å². The number of nitrogens with zero attached hydrogens (tertiary/aromatic N) is 1. The second-order valence-corrected chi connectivity index (χ2v) is 4.79. The molecule has 0 spiro atoms. The predicted molar refractivity (Wildman–Crippen MR) is 77.6 cm³/mol. The fourth-order valence-corrected chi connectivity index (χ4v) is 1.94. The first-order valence-corrected chi connectivity index (χ1v) is 6.77. The average molecular weight is 323 g/mol. The maximum Gasteiger partial charge on any atom is 0.416 e. The number of carbonyl (C=O) groups excluding carboxylic acids is 1. The first-order chi connectivity index (χ1) is 10.8. The van der Waals surface area contributed by atoms with Gasteiger partial charge in [-0.3, -0.25) is 0 Å². The van der Waals surface area contributed by atoms with Gasteiger partial charge in [0.05, 0.1) is 5.56 Å². The number of aromatic nitrogens is 1. The molecule has 1 radical (unpaired) electrons. The fraction of sp³-hybridized carbons (Fsp3) is 0.188. The van der Waals surface area contributed by atoms with Crippen LogP contribution in [0.15, 0.2) is 42.6 Å². The van der Waals surface area contributed by atoms with Crippen molar-refractivity contribution in [3.63, 3.8) is 0 Å². The highest BCUT2D eigenvalue weighted by molar-refractivity contribution is 5.67. The third kappa shape index (κ3) is 5.28. The molecule has 23 heavy (non-hydrogen) atoms. The van der Waals surface area contributed by atoms with E-state index in [1.54, 1.807) is 6.07 Å². The molecule has 2 rings (SSSR count). The molecule has 121 valence electrons. The number of nitrogens with two attached hydrogens (primary N) is 1. The Balaban J connectivity index is 1.84. The summed E-state index contributed by atoms with van der Waals surface area (Å²) in [6.45, 7) is 0. The van der Waals surface area contributed by atoms with E-state index in [-0.39, 0.29) is 5.88 Å². The number of aryl methyl sites for hydroxylation is 1. The van der Waals surface area contributed by atoms with E-state index in [1.807, 2.05) is 6.42 Å². The van der Waals surface area contributed by atoms with Crippen molar-refractivity contribution in [2.24, 2.45) is 5.73 Å². The van der Waals surface area contributed by atoms with Crippen LogP contribution in [0.5, 0.6) is 5.88 Å². The van der Waals surface area contributed by atoms with Gasteiger partial charge in [-0.15, -0.1) is 0 Å². The van der Waals surface area contributed by atoms with Crippen molar-refractivity contribution in [2.75, 3.05) is 0 Å². The van der Waals surface area contributed by atoms with E-state index in [4.69, 9.17) is 5.73 Å². The Hall–Kier alpha value is -2.57. The number of hydrogen-bond acceptors (Lipinski definition) is 3. The molecule has 4 nitrogen and oxygen atoms in total. The van der Waals surface area contributed by atoms with Gasteiger partial charge in [0.25, 0.3) is 0 Å². The summed E-state index contributed by atoms with van der Waals surface area (Å²) >= 11 is 0. The van der Waals surface area contributed by atoms with Crippen LogP contribution in [-0.2, 0) is 12.6 Å². The summed E-state index contributed by atoms with van der Waals surface area (Å²) in [7, 11) is 0. The van der Waals surface area contributed by atoms with Crippen LogP contribution in [-0.4, -0.2) is 11.1 Å². The molecule has 7 heteroatoms. The zero-order valence-electron chi connectivity index (χ0n) is 12.0. The molecule has 1 heterocycles. The largest absolute Gasteiger partial charge is 0.416 e.